The molecular weight excluding hydrogens is 403 g/mol. The van der Waals surface area contributed by atoms with Gasteiger partial charge in [0.25, 0.3) is 0 Å². The van der Waals surface area contributed by atoms with Crippen LogP contribution in [0.15, 0.2) is 34.8 Å². The van der Waals surface area contributed by atoms with E-state index in [0.717, 1.165) is 10.0 Å². The summed E-state index contributed by atoms with van der Waals surface area (Å²) in [5.74, 6) is 1.21. The second kappa shape index (κ2) is 5.97. The minimum Gasteiger partial charge on any atom is -0.486 e. The van der Waals surface area contributed by atoms with Crippen LogP contribution in [-0.2, 0) is 0 Å². The molecule has 0 saturated heterocycles. The summed E-state index contributed by atoms with van der Waals surface area (Å²) in [6.07, 6.45) is 0. The Balaban J connectivity index is 2.05. The van der Waals surface area contributed by atoms with Gasteiger partial charge in [0.1, 0.15) is 19.0 Å². The lowest BCUT2D eigenvalue weighted by Crippen LogP contribution is -2.15. The highest BCUT2D eigenvalue weighted by molar-refractivity contribution is 9.11. The Labute approximate surface area is 139 Å². The average molecular weight is 416 g/mol. The van der Waals surface area contributed by atoms with Gasteiger partial charge >= 0.3 is 0 Å². The standard InChI is InChI=1S/C16H13Br2FO2/c1-9-3-2-4-10(16(9)19)15(18)11-7-13-14(8-12(11)17)21-6-5-20-13/h2-4,7-8,15H,5-6H2,1H3. The largest absolute Gasteiger partial charge is 0.486 e. The second-order valence-electron chi connectivity index (χ2n) is 4.86. The highest BCUT2D eigenvalue weighted by Gasteiger charge is 2.22. The van der Waals surface area contributed by atoms with Crippen LogP contribution in [0.5, 0.6) is 11.5 Å². The summed E-state index contributed by atoms with van der Waals surface area (Å²) in [5, 5.41) is 0. The first kappa shape index (κ1) is 14.9. The number of rotatable bonds is 2. The molecule has 0 spiro atoms. The van der Waals surface area contributed by atoms with Crippen LogP contribution in [0.4, 0.5) is 4.39 Å². The molecule has 0 fully saturated rings. The summed E-state index contributed by atoms with van der Waals surface area (Å²) in [4.78, 5) is -0.261. The highest BCUT2D eigenvalue weighted by atomic mass is 79.9. The summed E-state index contributed by atoms with van der Waals surface area (Å²) in [6, 6.07) is 9.15. The van der Waals surface area contributed by atoms with Crippen molar-refractivity contribution in [3.63, 3.8) is 0 Å². The van der Waals surface area contributed by atoms with Gasteiger partial charge in [-0.25, -0.2) is 4.39 Å². The molecule has 3 rings (SSSR count). The van der Waals surface area contributed by atoms with E-state index in [0.29, 0.717) is 35.8 Å². The quantitative estimate of drug-likeness (QED) is 0.631. The van der Waals surface area contributed by atoms with Crippen molar-refractivity contribution < 1.29 is 13.9 Å². The Morgan fingerprint density at radius 1 is 1.10 bits per heavy atom. The van der Waals surface area contributed by atoms with Gasteiger partial charge in [-0.3, -0.25) is 0 Å². The van der Waals surface area contributed by atoms with Gasteiger partial charge in [-0.15, -0.1) is 0 Å². The van der Waals surface area contributed by atoms with Crippen molar-refractivity contribution in [2.75, 3.05) is 13.2 Å². The molecule has 110 valence electrons. The molecule has 5 heteroatoms. The predicted molar refractivity (Wildman–Crippen MR) is 87.0 cm³/mol. The molecule has 0 saturated carbocycles. The lowest BCUT2D eigenvalue weighted by Gasteiger charge is -2.22. The molecule has 2 nitrogen and oxygen atoms in total. The summed E-state index contributed by atoms with van der Waals surface area (Å²) >= 11 is 7.12. The van der Waals surface area contributed by atoms with Crippen LogP contribution in [0, 0.1) is 12.7 Å². The van der Waals surface area contributed by atoms with Gasteiger partial charge in [-0.2, -0.15) is 0 Å². The third kappa shape index (κ3) is 2.81. The van der Waals surface area contributed by atoms with E-state index in [-0.39, 0.29) is 10.6 Å². The highest BCUT2D eigenvalue weighted by Crippen LogP contribution is 2.43. The number of alkyl halides is 1. The maximum atomic E-state index is 14.3. The van der Waals surface area contributed by atoms with Gasteiger partial charge in [0, 0.05) is 10.0 Å². The fourth-order valence-electron chi connectivity index (χ4n) is 2.31. The summed E-state index contributed by atoms with van der Waals surface area (Å²) in [7, 11) is 0. The van der Waals surface area contributed by atoms with Gasteiger partial charge in [0.2, 0.25) is 0 Å². The Hall–Kier alpha value is -1.07. The maximum Gasteiger partial charge on any atom is 0.162 e. The number of aryl methyl sites for hydroxylation is 1. The van der Waals surface area contributed by atoms with Gasteiger partial charge in [0.05, 0.1) is 4.83 Å². The predicted octanol–water partition coefficient (Wildman–Crippen LogP) is 5.15. The van der Waals surface area contributed by atoms with E-state index in [1.807, 2.05) is 18.2 Å². The summed E-state index contributed by atoms with van der Waals surface area (Å²) < 4.78 is 26.3. The molecule has 0 radical (unpaired) electrons. The topological polar surface area (TPSA) is 18.5 Å². The molecule has 1 heterocycles. The molecule has 0 N–H and O–H groups in total. The van der Waals surface area contributed by atoms with E-state index >= 15 is 0 Å². The molecule has 21 heavy (non-hydrogen) atoms. The van der Waals surface area contributed by atoms with Crippen molar-refractivity contribution in [3.8, 4) is 11.5 Å². The summed E-state index contributed by atoms with van der Waals surface area (Å²) in [5.41, 5.74) is 2.14. The van der Waals surface area contributed by atoms with E-state index in [1.54, 1.807) is 19.1 Å². The zero-order valence-electron chi connectivity index (χ0n) is 11.3. The Morgan fingerprint density at radius 2 is 1.76 bits per heavy atom. The molecule has 1 aliphatic rings. The fourth-order valence-corrected chi connectivity index (χ4v) is 3.90. The smallest absolute Gasteiger partial charge is 0.162 e. The van der Waals surface area contributed by atoms with Crippen molar-refractivity contribution in [1.82, 2.24) is 0 Å². The number of hydrogen-bond donors (Lipinski definition) is 0. The molecule has 1 atom stereocenters. The number of fused-ring (bicyclic) bond motifs is 1. The molecular formula is C16H13Br2FO2. The number of ether oxygens (including phenoxy) is 2. The van der Waals surface area contributed by atoms with Crippen LogP contribution in [-0.4, -0.2) is 13.2 Å². The fraction of sp³-hybridized carbons (Fsp3) is 0.250. The molecule has 2 aromatic rings. The van der Waals surface area contributed by atoms with E-state index in [2.05, 4.69) is 31.9 Å². The number of hydrogen-bond acceptors (Lipinski definition) is 2. The summed E-state index contributed by atoms with van der Waals surface area (Å²) in [6.45, 7) is 2.83. The molecule has 1 aliphatic heterocycles. The van der Waals surface area contributed by atoms with Gasteiger partial charge in [-0.1, -0.05) is 50.1 Å². The number of benzene rings is 2. The third-order valence-corrected chi connectivity index (χ3v) is 5.10. The lowest BCUT2D eigenvalue weighted by molar-refractivity contribution is 0.171. The van der Waals surface area contributed by atoms with Gasteiger partial charge < -0.3 is 9.47 Å². The Bertz CT molecular complexity index is 688. The van der Waals surface area contributed by atoms with Crippen LogP contribution in [0.1, 0.15) is 21.5 Å². The molecule has 0 aliphatic carbocycles. The molecule has 1 unspecified atom stereocenters. The molecule has 0 bridgehead atoms. The van der Waals surface area contributed by atoms with Crippen LogP contribution in [0.3, 0.4) is 0 Å². The lowest BCUT2D eigenvalue weighted by atomic mass is 10.0. The van der Waals surface area contributed by atoms with Crippen molar-refractivity contribution in [2.24, 2.45) is 0 Å². The third-order valence-electron chi connectivity index (χ3n) is 3.43. The van der Waals surface area contributed by atoms with Gasteiger partial charge in [-0.05, 0) is 30.2 Å². The SMILES string of the molecule is Cc1cccc(C(Br)c2cc3c(cc2Br)OCCO3)c1F. The first-order chi connectivity index (χ1) is 10.1. The zero-order valence-corrected chi connectivity index (χ0v) is 14.5. The van der Waals surface area contributed by atoms with E-state index in [9.17, 15) is 4.39 Å². The Morgan fingerprint density at radius 3 is 2.48 bits per heavy atom. The molecule has 0 aromatic heterocycles. The minimum atomic E-state index is -0.261. The molecule has 0 amide bonds. The van der Waals surface area contributed by atoms with E-state index in [4.69, 9.17) is 9.47 Å². The normalized spacial score (nSPS) is 14.9. The Kier molecular flexibility index (Phi) is 4.22. The first-order valence-electron chi connectivity index (χ1n) is 6.56. The van der Waals surface area contributed by atoms with Crippen LogP contribution in [0.2, 0.25) is 0 Å². The number of halogens is 3. The van der Waals surface area contributed by atoms with Crippen LogP contribution in [0.25, 0.3) is 0 Å². The average Bonchev–Trinajstić information content (AvgIpc) is 2.48. The minimum absolute atomic E-state index is 0.193. The first-order valence-corrected chi connectivity index (χ1v) is 8.27. The van der Waals surface area contributed by atoms with Crippen molar-refractivity contribution in [1.29, 1.82) is 0 Å². The molecule has 2 aromatic carbocycles. The van der Waals surface area contributed by atoms with Crippen LogP contribution >= 0.6 is 31.9 Å². The van der Waals surface area contributed by atoms with E-state index < -0.39 is 0 Å². The van der Waals surface area contributed by atoms with Gasteiger partial charge in [0.15, 0.2) is 11.5 Å². The van der Waals surface area contributed by atoms with Crippen molar-refractivity contribution >= 4 is 31.9 Å². The van der Waals surface area contributed by atoms with Crippen molar-refractivity contribution in [2.45, 2.75) is 11.8 Å². The van der Waals surface area contributed by atoms with Crippen LogP contribution < -0.4 is 9.47 Å². The second-order valence-corrected chi connectivity index (χ2v) is 6.63. The zero-order chi connectivity index (χ0) is 15.0. The monoisotopic (exact) mass is 414 g/mol. The maximum absolute atomic E-state index is 14.3. The van der Waals surface area contributed by atoms with E-state index in [1.165, 1.54) is 0 Å². The van der Waals surface area contributed by atoms with Crippen molar-refractivity contribution in [3.05, 3.63) is 57.3 Å².